The van der Waals surface area contributed by atoms with E-state index in [1.54, 1.807) is 0 Å². The van der Waals surface area contributed by atoms with E-state index in [-0.39, 0.29) is 6.04 Å². The highest BCUT2D eigenvalue weighted by Gasteiger charge is 2.16. The summed E-state index contributed by atoms with van der Waals surface area (Å²) >= 11 is 6.16. The minimum atomic E-state index is 0.280. The molecule has 1 aromatic rings. The minimum absolute atomic E-state index is 0.280. The van der Waals surface area contributed by atoms with Crippen LogP contribution in [0.3, 0.4) is 0 Å². The first kappa shape index (κ1) is 13.1. The van der Waals surface area contributed by atoms with Crippen molar-refractivity contribution in [3.63, 3.8) is 0 Å². The van der Waals surface area contributed by atoms with Crippen LogP contribution in [0, 0.1) is 12.3 Å². The Morgan fingerprint density at radius 1 is 1.44 bits per heavy atom. The Balaban J connectivity index is 2.06. The first-order chi connectivity index (χ1) is 8.70. The number of terminal acetylenes is 1. The van der Waals surface area contributed by atoms with Crippen molar-refractivity contribution < 1.29 is 9.47 Å². The summed E-state index contributed by atoms with van der Waals surface area (Å²) in [4.78, 5) is 0. The maximum Gasteiger partial charge on any atom is 0.179 e. The second kappa shape index (κ2) is 5.99. The molecule has 1 aromatic carbocycles. The smallest absolute Gasteiger partial charge is 0.179 e. The third kappa shape index (κ3) is 3.10. The maximum atomic E-state index is 6.16. The third-order valence-electron chi connectivity index (χ3n) is 2.74. The Morgan fingerprint density at radius 3 is 3.00 bits per heavy atom. The quantitative estimate of drug-likeness (QED) is 0.849. The zero-order valence-corrected chi connectivity index (χ0v) is 11.1. The second-order valence-electron chi connectivity index (χ2n) is 4.29. The van der Waals surface area contributed by atoms with E-state index in [4.69, 9.17) is 27.5 Å². The Morgan fingerprint density at radius 2 is 2.22 bits per heavy atom. The molecular formula is C14H16ClNO2. The van der Waals surface area contributed by atoms with Gasteiger partial charge in [0.15, 0.2) is 11.5 Å². The van der Waals surface area contributed by atoms with Crippen LogP contribution >= 0.6 is 11.6 Å². The molecule has 4 heteroatoms. The molecule has 0 amide bonds. The monoisotopic (exact) mass is 265 g/mol. The van der Waals surface area contributed by atoms with Gasteiger partial charge in [0, 0.05) is 19.0 Å². The van der Waals surface area contributed by atoms with E-state index in [1.165, 1.54) is 0 Å². The third-order valence-corrected chi connectivity index (χ3v) is 3.02. The van der Waals surface area contributed by atoms with E-state index in [0.29, 0.717) is 37.0 Å². The van der Waals surface area contributed by atoms with Crippen LogP contribution in [0.1, 0.15) is 18.9 Å². The average Bonchev–Trinajstić information content (AvgIpc) is 2.37. The average molecular weight is 266 g/mol. The first-order valence-electron chi connectivity index (χ1n) is 5.95. The summed E-state index contributed by atoms with van der Waals surface area (Å²) in [5, 5.41) is 3.93. The van der Waals surface area contributed by atoms with Gasteiger partial charge in [0.1, 0.15) is 13.2 Å². The molecule has 1 unspecified atom stereocenters. The van der Waals surface area contributed by atoms with Crippen molar-refractivity contribution in [3.05, 3.63) is 22.7 Å². The van der Waals surface area contributed by atoms with Crippen molar-refractivity contribution in [1.82, 2.24) is 5.32 Å². The molecule has 96 valence electrons. The molecule has 0 aromatic heterocycles. The van der Waals surface area contributed by atoms with Gasteiger partial charge >= 0.3 is 0 Å². The number of nitrogens with one attached hydrogen (secondary N) is 1. The summed E-state index contributed by atoms with van der Waals surface area (Å²) in [7, 11) is 0. The van der Waals surface area contributed by atoms with E-state index in [2.05, 4.69) is 18.2 Å². The van der Waals surface area contributed by atoms with E-state index in [9.17, 15) is 0 Å². The highest BCUT2D eigenvalue weighted by atomic mass is 35.5. The fourth-order valence-electron chi connectivity index (χ4n) is 1.81. The van der Waals surface area contributed by atoms with Crippen molar-refractivity contribution in [2.75, 3.05) is 13.2 Å². The summed E-state index contributed by atoms with van der Waals surface area (Å²) in [5.74, 6) is 3.99. The van der Waals surface area contributed by atoms with Crippen molar-refractivity contribution >= 4 is 11.6 Å². The fraction of sp³-hybridized carbons (Fsp3) is 0.429. The van der Waals surface area contributed by atoms with Crippen molar-refractivity contribution in [1.29, 1.82) is 0 Å². The zero-order valence-electron chi connectivity index (χ0n) is 10.3. The van der Waals surface area contributed by atoms with Gasteiger partial charge in [0.25, 0.3) is 0 Å². The van der Waals surface area contributed by atoms with E-state index in [1.807, 2.05) is 12.1 Å². The van der Waals surface area contributed by atoms with Gasteiger partial charge in [-0.25, -0.2) is 0 Å². The van der Waals surface area contributed by atoms with Crippen molar-refractivity contribution in [2.24, 2.45) is 0 Å². The Hall–Kier alpha value is -1.37. The SMILES string of the molecule is C#CCC(C)NCc1cc(Cl)c2c(c1)OCCO2. The first-order valence-corrected chi connectivity index (χ1v) is 6.33. The summed E-state index contributed by atoms with van der Waals surface area (Å²) in [6.07, 6.45) is 5.97. The van der Waals surface area contributed by atoms with Gasteiger partial charge in [-0.1, -0.05) is 11.6 Å². The van der Waals surface area contributed by atoms with Crippen LogP contribution in [0.2, 0.25) is 5.02 Å². The van der Waals surface area contributed by atoms with Crippen LogP contribution in [0.4, 0.5) is 0 Å². The van der Waals surface area contributed by atoms with Crippen LogP contribution in [-0.2, 0) is 6.54 Å². The molecule has 0 bridgehead atoms. The number of hydrogen-bond donors (Lipinski definition) is 1. The number of halogens is 1. The van der Waals surface area contributed by atoms with Crippen LogP contribution in [0.5, 0.6) is 11.5 Å². The van der Waals surface area contributed by atoms with Gasteiger partial charge in [-0.05, 0) is 24.6 Å². The van der Waals surface area contributed by atoms with Crippen molar-refractivity contribution in [2.45, 2.75) is 25.9 Å². The summed E-state index contributed by atoms with van der Waals surface area (Å²) in [5.41, 5.74) is 1.06. The number of hydrogen-bond acceptors (Lipinski definition) is 3. The molecule has 1 heterocycles. The molecule has 1 aliphatic rings. The van der Waals surface area contributed by atoms with Gasteiger partial charge in [-0.2, -0.15) is 0 Å². The van der Waals surface area contributed by atoms with Gasteiger partial charge in [-0.15, -0.1) is 12.3 Å². The van der Waals surface area contributed by atoms with Gasteiger partial charge in [0.2, 0.25) is 0 Å². The van der Waals surface area contributed by atoms with Crippen LogP contribution in [0.25, 0.3) is 0 Å². The van der Waals surface area contributed by atoms with Gasteiger partial charge in [0.05, 0.1) is 5.02 Å². The second-order valence-corrected chi connectivity index (χ2v) is 4.70. The fourth-order valence-corrected chi connectivity index (χ4v) is 2.10. The lowest BCUT2D eigenvalue weighted by Crippen LogP contribution is -2.25. The molecule has 0 spiro atoms. The largest absolute Gasteiger partial charge is 0.486 e. The molecule has 0 saturated heterocycles. The molecule has 1 atom stereocenters. The molecule has 0 saturated carbocycles. The molecule has 1 N–H and O–H groups in total. The van der Waals surface area contributed by atoms with Gasteiger partial charge in [-0.3, -0.25) is 0 Å². The number of fused-ring (bicyclic) bond motifs is 1. The normalized spacial score (nSPS) is 14.9. The zero-order chi connectivity index (χ0) is 13.0. The molecule has 1 aliphatic heterocycles. The molecule has 2 rings (SSSR count). The highest BCUT2D eigenvalue weighted by molar-refractivity contribution is 6.32. The molecular weight excluding hydrogens is 250 g/mol. The number of benzene rings is 1. The topological polar surface area (TPSA) is 30.5 Å². The molecule has 3 nitrogen and oxygen atoms in total. The van der Waals surface area contributed by atoms with Crippen LogP contribution in [0.15, 0.2) is 12.1 Å². The minimum Gasteiger partial charge on any atom is -0.486 e. The Labute approximate surface area is 112 Å². The summed E-state index contributed by atoms with van der Waals surface area (Å²) in [6, 6.07) is 4.13. The van der Waals surface area contributed by atoms with E-state index in [0.717, 1.165) is 11.3 Å². The highest BCUT2D eigenvalue weighted by Crippen LogP contribution is 2.38. The van der Waals surface area contributed by atoms with Gasteiger partial charge < -0.3 is 14.8 Å². The lowest BCUT2D eigenvalue weighted by molar-refractivity contribution is 0.171. The summed E-state index contributed by atoms with van der Waals surface area (Å²) in [6.45, 7) is 3.87. The molecule has 0 aliphatic carbocycles. The number of rotatable bonds is 4. The Bertz CT molecular complexity index is 468. The molecule has 0 radical (unpaired) electrons. The lowest BCUT2D eigenvalue weighted by atomic mass is 10.1. The standard InChI is InChI=1S/C14H16ClNO2/c1-3-4-10(2)16-9-11-7-12(15)14-13(8-11)17-5-6-18-14/h1,7-8,10,16H,4-6,9H2,2H3. The van der Waals surface area contributed by atoms with Crippen LogP contribution < -0.4 is 14.8 Å². The maximum absolute atomic E-state index is 6.16. The number of ether oxygens (including phenoxy) is 2. The molecule has 18 heavy (non-hydrogen) atoms. The Kier molecular flexibility index (Phi) is 4.35. The summed E-state index contributed by atoms with van der Waals surface area (Å²) < 4.78 is 11.0. The molecule has 0 fully saturated rings. The lowest BCUT2D eigenvalue weighted by Gasteiger charge is -2.20. The predicted octanol–water partition coefficient (Wildman–Crippen LogP) is 2.61. The van der Waals surface area contributed by atoms with Crippen molar-refractivity contribution in [3.8, 4) is 23.8 Å². The van der Waals surface area contributed by atoms with Crippen LogP contribution in [-0.4, -0.2) is 19.3 Å². The predicted molar refractivity (Wildman–Crippen MR) is 72.2 cm³/mol. The van der Waals surface area contributed by atoms with E-state index < -0.39 is 0 Å². The van der Waals surface area contributed by atoms with E-state index >= 15 is 0 Å².